The Hall–Kier alpha value is -0.0800. The van der Waals surface area contributed by atoms with Crippen molar-refractivity contribution >= 4 is 0 Å². The van der Waals surface area contributed by atoms with Gasteiger partial charge in [0.25, 0.3) is 0 Å². The van der Waals surface area contributed by atoms with Gasteiger partial charge in [0.15, 0.2) is 0 Å². The van der Waals surface area contributed by atoms with Crippen LogP contribution < -0.4 is 0 Å². The van der Waals surface area contributed by atoms with Gasteiger partial charge in [-0.15, -0.1) is 0 Å². The van der Waals surface area contributed by atoms with E-state index >= 15 is 0 Å². The summed E-state index contributed by atoms with van der Waals surface area (Å²) in [4.78, 5) is 0. The lowest BCUT2D eigenvalue weighted by Crippen LogP contribution is -2.44. The van der Waals surface area contributed by atoms with E-state index in [1.165, 1.54) is 25.7 Å². The predicted molar refractivity (Wildman–Crippen MR) is 92.7 cm³/mol. The van der Waals surface area contributed by atoms with Crippen LogP contribution in [0.25, 0.3) is 0 Å². The average Bonchev–Trinajstić information content (AvgIpc) is 2.73. The second-order valence-corrected chi connectivity index (χ2v) is 9.85. The summed E-state index contributed by atoms with van der Waals surface area (Å²) in [6.07, 6.45) is 7.79. The highest BCUT2D eigenvalue weighted by atomic mass is 16.3. The first-order valence-corrected chi connectivity index (χ1v) is 9.38. The molecule has 0 bridgehead atoms. The maximum Gasteiger partial charge on any atom is 0.0592 e. The van der Waals surface area contributed by atoms with Crippen molar-refractivity contribution in [3.8, 4) is 0 Å². The maximum atomic E-state index is 10.4. The zero-order valence-electron chi connectivity index (χ0n) is 15.7. The smallest absolute Gasteiger partial charge is 0.0592 e. The second-order valence-electron chi connectivity index (χ2n) is 9.85. The van der Waals surface area contributed by atoms with Gasteiger partial charge in [-0.05, 0) is 81.0 Å². The van der Waals surface area contributed by atoms with Crippen molar-refractivity contribution in [1.29, 1.82) is 0 Å². The maximum absolute atomic E-state index is 10.4. The molecule has 0 radical (unpaired) electrons. The van der Waals surface area contributed by atoms with Crippen LogP contribution in [0.2, 0.25) is 0 Å². The molecule has 2 fully saturated rings. The summed E-state index contributed by atoms with van der Waals surface area (Å²) in [5, 5.41) is 20.5. The molecule has 0 unspecified atom stereocenters. The molecule has 22 heavy (non-hydrogen) atoms. The van der Waals surface area contributed by atoms with Crippen molar-refractivity contribution in [3.05, 3.63) is 0 Å². The number of aliphatic hydroxyl groups is 2. The van der Waals surface area contributed by atoms with Crippen LogP contribution >= 0.6 is 0 Å². The van der Waals surface area contributed by atoms with E-state index in [-0.39, 0.29) is 11.5 Å². The van der Waals surface area contributed by atoms with Crippen molar-refractivity contribution < 1.29 is 10.2 Å². The van der Waals surface area contributed by atoms with E-state index in [2.05, 4.69) is 27.7 Å². The van der Waals surface area contributed by atoms with Gasteiger partial charge in [-0.25, -0.2) is 0 Å². The molecule has 2 rings (SSSR count). The summed E-state index contributed by atoms with van der Waals surface area (Å²) in [7, 11) is 0. The Bertz CT molecular complexity index is 382. The van der Waals surface area contributed by atoms with Crippen LogP contribution in [0.1, 0.15) is 86.5 Å². The molecule has 2 saturated carbocycles. The zero-order valence-corrected chi connectivity index (χ0v) is 15.7. The fourth-order valence-corrected chi connectivity index (χ4v) is 5.41. The molecule has 0 aromatic heterocycles. The van der Waals surface area contributed by atoms with Gasteiger partial charge in [0, 0.05) is 0 Å². The highest BCUT2D eigenvalue weighted by Gasteiger charge is 2.54. The van der Waals surface area contributed by atoms with E-state index in [4.69, 9.17) is 0 Å². The lowest BCUT2D eigenvalue weighted by atomic mass is 9.57. The molecule has 2 aliphatic carbocycles. The molecular weight excluding hydrogens is 272 g/mol. The Kier molecular flexibility index (Phi) is 5.06. The molecule has 0 amide bonds. The Morgan fingerprint density at radius 2 is 1.73 bits per heavy atom. The van der Waals surface area contributed by atoms with E-state index in [1.807, 2.05) is 13.8 Å². The standard InChI is InChI=1S/C20H38O2/c1-14(18(2,3)12-13-19(4,5)22)15-9-10-16-17(21)8-7-11-20(15,16)6/h14-17,21-22H,7-13H2,1-6H3/t14-,15-,16+,17+,20-/m1/s1. The highest BCUT2D eigenvalue weighted by Crippen LogP contribution is 2.60. The Balaban J connectivity index is 2.10. The van der Waals surface area contributed by atoms with Gasteiger partial charge in [0.1, 0.15) is 0 Å². The van der Waals surface area contributed by atoms with E-state index in [0.29, 0.717) is 23.2 Å². The van der Waals surface area contributed by atoms with Gasteiger partial charge in [-0.2, -0.15) is 0 Å². The van der Waals surface area contributed by atoms with Crippen molar-refractivity contribution in [3.63, 3.8) is 0 Å². The lowest BCUT2D eigenvalue weighted by molar-refractivity contribution is -0.0450. The SMILES string of the molecule is C[C@H]([C@H]1CC[C@H]2[C@@H](O)CCC[C@]12C)C(C)(C)CCC(C)(C)O. The normalized spacial score (nSPS) is 37.9. The van der Waals surface area contributed by atoms with E-state index in [0.717, 1.165) is 19.3 Å². The largest absolute Gasteiger partial charge is 0.393 e. The molecule has 2 aliphatic rings. The van der Waals surface area contributed by atoms with Gasteiger partial charge < -0.3 is 10.2 Å². The van der Waals surface area contributed by atoms with E-state index in [1.54, 1.807) is 0 Å². The van der Waals surface area contributed by atoms with Crippen LogP contribution in [0, 0.1) is 28.6 Å². The minimum absolute atomic E-state index is 0.0737. The molecule has 2 nitrogen and oxygen atoms in total. The van der Waals surface area contributed by atoms with Crippen molar-refractivity contribution in [1.82, 2.24) is 0 Å². The summed E-state index contributed by atoms with van der Waals surface area (Å²) in [5.74, 6) is 1.86. The Labute approximate surface area is 137 Å². The van der Waals surface area contributed by atoms with Gasteiger partial charge in [0.2, 0.25) is 0 Å². The quantitative estimate of drug-likeness (QED) is 0.767. The Morgan fingerprint density at radius 1 is 1.09 bits per heavy atom. The lowest BCUT2D eigenvalue weighted by Gasteiger charge is -2.48. The fraction of sp³-hybridized carbons (Fsp3) is 1.00. The number of aliphatic hydroxyl groups excluding tert-OH is 1. The van der Waals surface area contributed by atoms with Crippen LogP contribution in [0.3, 0.4) is 0 Å². The molecule has 0 saturated heterocycles. The first-order valence-electron chi connectivity index (χ1n) is 9.38. The van der Waals surface area contributed by atoms with Crippen molar-refractivity contribution in [2.45, 2.75) is 98.2 Å². The summed E-state index contributed by atoms with van der Waals surface area (Å²) >= 11 is 0. The van der Waals surface area contributed by atoms with Crippen LogP contribution in [0.4, 0.5) is 0 Å². The summed E-state index contributed by atoms with van der Waals surface area (Å²) in [6, 6.07) is 0. The van der Waals surface area contributed by atoms with Crippen molar-refractivity contribution in [2.75, 3.05) is 0 Å². The van der Waals surface area contributed by atoms with Gasteiger partial charge >= 0.3 is 0 Å². The predicted octanol–water partition coefficient (Wildman–Crippen LogP) is 4.78. The molecule has 0 aliphatic heterocycles. The average molecular weight is 311 g/mol. The van der Waals surface area contributed by atoms with Crippen LogP contribution in [-0.4, -0.2) is 21.9 Å². The van der Waals surface area contributed by atoms with E-state index in [9.17, 15) is 10.2 Å². The minimum Gasteiger partial charge on any atom is -0.393 e. The fourth-order valence-electron chi connectivity index (χ4n) is 5.41. The van der Waals surface area contributed by atoms with Gasteiger partial charge in [-0.1, -0.05) is 34.1 Å². The minimum atomic E-state index is -0.569. The Morgan fingerprint density at radius 3 is 2.32 bits per heavy atom. The third-order valence-corrected chi connectivity index (χ3v) is 7.38. The first kappa shape index (κ1) is 18.3. The third-order valence-electron chi connectivity index (χ3n) is 7.38. The third kappa shape index (κ3) is 3.53. The number of hydrogen-bond donors (Lipinski definition) is 2. The summed E-state index contributed by atoms with van der Waals surface area (Å²) in [6.45, 7) is 13.4. The van der Waals surface area contributed by atoms with Crippen LogP contribution in [0.15, 0.2) is 0 Å². The molecule has 2 N–H and O–H groups in total. The first-order chi connectivity index (χ1) is 9.97. The molecular formula is C20H38O2. The molecule has 0 aromatic rings. The van der Waals surface area contributed by atoms with E-state index < -0.39 is 5.60 Å². The number of fused-ring (bicyclic) bond motifs is 1. The van der Waals surface area contributed by atoms with Gasteiger partial charge in [0.05, 0.1) is 11.7 Å². The molecule has 0 heterocycles. The molecule has 0 aromatic carbocycles. The zero-order chi connectivity index (χ0) is 16.8. The molecule has 2 heteroatoms. The van der Waals surface area contributed by atoms with Crippen LogP contribution in [0.5, 0.6) is 0 Å². The topological polar surface area (TPSA) is 40.5 Å². The van der Waals surface area contributed by atoms with Gasteiger partial charge in [-0.3, -0.25) is 0 Å². The highest BCUT2D eigenvalue weighted by molar-refractivity contribution is 5.03. The second kappa shape index (κ2) is 6.09. The van der Waals surface area contributed by atoms with Crippen molar-refractivity contribution in [2.24, 2.45) is 28.6 Å². The molecule has 5 atom stereocenters. The molecule has 0 spiro atoms. The number of rotatable bonds is 5. The van der Waals surface area contributed by atoms with Crippen LogP contribution in [-0.2, 0) is 0 Å². The monoisotopic (exact) mass is 310 g/mol. The molecule has 130 valence electrons. The number of hydrogen-bond acceptors (Lipinski definition) is 2. The summed E-state index contributed by atoms with van der Waals surface area (Å²) < 4.78 is 0. The summed E-state index contributed by atoms with van der Waals surface area (Å²) in [5.41, 5.74) is -0.00577.